The van der Waals surface area contributed by atoms with E-state index in [1.54, 1.807) is 12.1 Å². The number of hydrogen-bond acceptors (Lipinski definition) is 3. The Labute approximate surface area is 164 Å². The second-order valence-corrected chi connectivity index (χ2v) is 8.14. The molecule has 4 atom stereocenters. The fourth-order valence-electron chi connectivity index (χ4n) is 4.70. The number of carbonyl (C=O) groups excluding carboxylic acids is 1. The Morgan fingerprint density at radius 3 is 2.54 bits per heavy atom. The summed E-state index contributed by atoms with van der Waals surface area (Å²) in [5.41, 5.74) is 0.287. The predicted octanol–water partition coefficient (Wildman–Crippen LogP) is 3.42. The van der Waals surface area contributed by atoms with Gasteiger partial charge in [0.15, 0.2) is 0 Å². The Kier molecular flexibility index (Phi) is 6.65. The average molecular weight is 397 g/mol. The molecule has 2 aliphatic rings. The van der Waals surface area contributed by atoms with Gasteiger partial charge in [0, 0.05) is 25.7 Å². The van der Waals surface area contributed by atoms with Crippen LogP contribution in [0, 0.1) is 11.8 Å². The molecule has 1 aliphatic carbocycles. The molecule has 1 amide bonds. The first kappa shape index (κ1) is 21.1. The van der Waals surface area contributed by atoms with Crippen LogP contribution in [0.25, 0.3) is 0 Å². The summed E-state index contributed by atoms with van der Waals surface area (Å²) in [7, 11) is 1.82. The van der Waals surface area contributed by atoms with Gasteiger partial charge in [-0.25, -0.2) is 0 Å². The smallest absolute Gasteiger partial charge is 0.352 e. The minimum atomic E-state index is -4.29. The molecule has 156 valence electrons. The number of fused-ring (bicyclic) bond motifs is 1. The molecule has 4 nitrogen and oxygen atoms in total. The predicted molar refractivity (Wildman–Crippen MR) is 103 cm³/mol. The van der Waals surface area contributed by atoms with Crippen LogP contribution in [0.1, 0.15) is 43.7 Å². The molecular formula is C21H30F3N3O. The number of likely N-dealkylation sites (N-methyl/N-ethyl adjacent to an activating group) is 1. The second kappa shape index (κ2) is 8.82. The third-order valence-electron chi connectivity index (χ3n) is 6.19. The summed E-state index contributed by atoms with van der Waals surface area (Å²) in [6.07, 6.45) is -0.410. The van der Waals surface area contributed by atoms with Gasteiger partial charge < -0.3 is 10.6 Å². The highest BCUT2D eigenvalue weighted by molar-refractivity contribution is 5.82. The van der Waals surface area contributed by atoms with Crippen LogP contribution >= 0.6 is 0 Å². The molecule has 1 saturated carbocycles. The lowest BCUT2D eigenvalue weighted by Gasteiger charge is -2.24. The van der Waals surface area contributed by atoms with Gasteiger partial charge in [0.25, 0.3) is 0 Å². The number of alkyl halides is 3. The number of nitrogens with zero attached hydrogens (tertiary/aromatic N) is 1. The maximum absolute atomic E-state index is 12.7. The summed E-state index contributed by atoms with van der Waals surface area (Å²) in [4.78, 5) is 14.8. The molecule has 1 heterocycles. The van der Waals surface area contributed by atoms with E-state index in [2.05, 4.69) is 22.5 Å². The van der Waals surface area contributed by atoms with Crippen LogP contribution in [0.4, 0.5) is 13.2 Å². The van der Waals surface area contributed by atoms with E-state index in [-0.39, 0.29) is 18.0 Å². The highest BCUT2D eigenvalue weighted by Crippen LogP contribution is 2.39. The molecule has 3 rings (SSSR count). The minimum Gasteiger partial charge on any atom is -0.352 e. The normalized spacial score (nSPS) is 26.2. The number of amides is 1. The fraction of sp³-hybridized carbons (Fsp3) is 0.667. The summed E-state index contributed by atoms with van der Waals surface area (Å²) in [5, 5.41) is 6.33. The number of rotatable bonds is 7. The summed E-state index contributed by atoms with van der Waals surface area (Å²) < 4.78 is 38.1. The van der Waals surface area contributed by atoms with Gasteiger partial charge in [0.2, 0.25) is 5.91 Å². The largest absolute Gasteiger partial charge is 0.416 e. The SMILES string of the molecule is CCCC(NC)C(=O)NC1CC[C@H]2CN(Cc3ccc(C(F)(F)F)cc3)CC12. The second-order valence-electron chi connectivity index (χ2n) is 8.14. The zero-order chi connectivity index (χ0) is 20.3. The monoisotopic (exact) mass is 397 g/mol. The molecule has 28 heavy (non-hydrogen) atoms. The zero-order valence-electron chi connectivity index (χ0n) is 16.6. The van der Waals surface area contributed by atoms with Crippen LogP contribution in [0.5, 0.6) is 0 Å². The fourth-order valence-corrected chi connectivity index (χ4v) is 4.70. The van der Waals surface area contributed by atoms with Gasteiger partial charge in [-0.3, -0.25) is 9.69 Å². The van der Waals surface area contributed by atoms with Crippen LogP contribution in [-0.4, -0.2) is 43.0 Å². The molecule has 0 spiro atoms. The molecule has 1 aliphatic heterocycles. The van der Waals surface area contributed by atoms with E-state index in [1.165, 1.54) is 0 Å². The molecule has 1 aromatic carbocycles. The molecule has 3 unspecified atom stereocenters. The number of hydrogen-bond donors (Lipinski definition) is 2. The van der Waals surface area contributed by atoms with Crippen molar-refractivity contribution in [1.82, 2.24) is 15.5 Å². The van der Waals surface area contributed by atoms with Gasteiger partial charge in [-0.2, -0.15) is 13.2 Å². The van der Waals surface area contributed by atoms with Crippen molar-refractivity contribution in [1.29, 1.82) is 0 Å². The number of carbonyl (C=O) groups is 1. The highest BCUT2D eigenvalue weighted by atomic mass is 19.4. The lowest BCUT2D eigenvalue weighted by molar-refractivity contribution is -0.137. The molecule has 0 bridgehead atoms. The van der Waals surface area contributed by atoms with Crippen molar-refractivity contribution >= 4 is 5.91 Å². The summed E-state index contributed by atoms with van der Waals surface area (Å²) in [6, 6.07) is 5.50. The first-order valence-corrected chi connectivity index (χ1v) is 10.2. The minimum absolute atomic E-state index is 0.0798. The summed E-state index contributed by atoms with van der Waals surface area (Å²) in [6.45, 7) is 4.55. The lowest BCUT2D eigenvalue weighted by atomic mass is 9.97. The van der Waals surface area contributed by atoms with E-state index in [9.17, 15) is 18.0 Å². The Morgan fingerprint density at radius 1 is 1.21 bits per heavy atom. The first-order valence-electron chi connectivity index (χ1n) is 10.2. The van der Waals surface area contributed by atoms with E-state index < -0.39 is 11.7 Å². The summed E-state index contributed by atoms with van der Waals surface area (Å²) >= 11 is 0. The van der Waals surface area contributed by atoms with E-state index in [0.717, 1.165) is 56.5 Å². The van der Waals surface area contributed by atoms with Crippen molar-refractivity contribution in [3.8, 4) is 0 Å². The quantitative estimate of drug-likeness (QED) is 0.741. The van der Waals surface area contributed by atoms with Crippen molar-refractivity contribution in [2.45, 2.75) is 57.4 Å². The maximum atomic E-state index is 12.7. The van der Waals surface area contributed by atoms with E-state index >= 15 is 0 Å². The van der Waals surface area contributed by atoms with Gasteiger partial charge in [-0.05, 0) is 55.8 Å². The standard InChI is InChI=1S/C21H30F3N3O/c1-3-4-19(25-2)20(28)26-18-10-7-15-12-27(13-17(15)18)11-14-5-8-16(9-6-14)21(22,23)24/h5-6,8-9,15,17-19,25H,3-4,7,10-13H2,1-2H3,(H,26,28)/t15-,17?,18?,19?/m0/s1. The van der Waals surface area contributed by atoms with Crippen LogP contribution in [0.2, 0.25) is 0 Å². The highest BCUT2D eigenvalue weighted by Gasteiger charge is 2.43. The van der Waals surface area contributed by atoms with Crippen molar-refractivity contribution in [3.63, 3.8) is 0 Å². The third-order valence-corrected chi connectivity index (χ3v) is 6.19. The molecule has 2 N–H and O–H groups in total. The van der Waals surface area contributed by atoms with E-state index in [0.29, 0.717) is 18.4 Å². The van der Waals surface area contributed by atoms with Gasteiger partial charge in [0.1, 0.15) is 0 Å². The van der Waals surface area contributed by atoms with Crippen LogP contribution in [0.15, 0.2) is 24.3 Å². The molecular weight excluding hydrogens is 367 g/mol. The molecule has 2 fully saturated rings. The van der Waals surface area contributed by atoms with Crippen molar-refractivity contribution in [2.75, 3.05) is 20.1 Å². The van der Waals surface area contributed by atoms with Crippen molar-refractivity contribution < 1.29 is 18.0 Å². The third kappa shape index (κ3) is 4.87. The Morgan fingerprint density at radius 2 is 1.93 bits per heavy atom. The molecule has 1 saturated heterocycles. The zero-order valence-corrected chi connectivity index (χ0v) is 16.6. The van der Waals surface area contributed by atoms with Crippen molar-refractivity contribution in [2.24, 2.45) is 11.8 Å². The van der Waals surface area contributed by atoms with Crippen molar-refractivity contribution in [3.05, 3.63) is 35.4 Å². The molecule has 0 radical (unpaired) electrons. The van der Waals surface area contributed by atoms with Crippen LogP contribution < -0.4 is 10.6 Å². The molecule has 1 aromatic rings. The average Bonchev–Trinajstić information content (AvgIpc) is 3.20. The summed E-state index contributed by atoms with van der Waals surface area (Å²) in [5.74, 6) is 1.06. The Bertz CT molecular complexity index is 662. The Balaban J connectivity index is 1.55. The molecule has 0 aromatic heterocycles. The Hall–Kier alpha value is -1.60. The van der Waals surface area contributed by atoms with E-state index in [1.807, 2.05) is 7.05 Å². The molecule has 7 heteroatoms. The number of likely N-dealkylation sites (tertiary alicyclic amines) is 1. The maximum Gasteiger partial charge on any atom is 0.416 e. The van der Waals surface area contributed by atoms with Gasteiger partial charge in [0.05, 0.1) is 11.6 Å². The number of nitrogens with one attached hydrogen (secondary N) is 2. The topological polar surface area (TPSA) is 44.4 Å². The first-order chi connectivity index (χ1) is 13.3. The van der Waals surface area contributed by atoms with Crippen LogP contribution in [0.3, 0.4) is 0 Å². The van der Waals surface area contributed by atoms with Crippen LogP contribution in [-0.2, 0) is 17.5 Å². The number of halogens is 3. The van der Waals surface area contributed by atoms with Gasteiger partial charge >= 0.3 is 6.18 Å². The lowest BCUT2D eigenvalue weighted by Crippen LogP contribution is -2.48. The number of benzene rings is 1. The van der Waals surface area contributed by atoms with Gasteiger partial charge in [-0.1, -0.05) is 25.5 Å². The van der Waals surface area contributed by atoms with E-state index in [4.69, 9.17) is 0 Å². The van der Waals surface area contributed by atoms with Gasteiger partial charge in [-0.15, -0.1) is 0 Å².